The molecule has 5 nitrogen and oxygen atoms in total. The Morgan fingerprint density at radius 2 is 1.78 bits per heavy atom. The second kappa shape index (κ2) is 9.14. The minimum atomic E-state index is 0.611. The molecule has 2 N–H and O–H groups in total. The molecule has 1 heterocycles. The molecule has 27 heavy (non-hydrogen) atoms. The lowest BCUT2D eigenvalue weighted by Crippen LogP contribution is -2.09. The van der Waals surface area contributed by atoms with Crippen LogP contribution in [0.2, 0.25) is 0 Å². The van der Waals surface area contributed by atoms with Crippen LogP contribution in [0.15, 0.2) is 54.6 Å². The summed E-state index contributed by atoms with van der Waals surface area (Å²) in [6.07, 6.45) is 0.898. The third kappa shape index (κ3) is 5.05. The Bertz CT molecular complexity index is 881. The summed E-state index contributed by atoms with van der Waals surface area (Å²) >= 11 is 0. The number of ether oxygens (including phenoxy) is 1. The zero-order valence-corrected chi connectivity index (χ0v) is 16.1. The van der Waals surface area contributed by atoms with E-state index in [1.807, 2.05) is 30.3 Å². The third-order valence-electron chi connectivity index (χ3n) is 4.47. The number of methoxy groups -OCH3 is 1. The van der Waals surface area contributed by atoms with Gasteiger partial charge in [-0.1, -0.05) is 42.5 Å². The molecule has 0 aliphatic carbocycles. The van der Waals surface area contributed by atoms with Crippen molar-refractivity contribution in [3.63, 3.8) is 0 Å². The van der Waals surface area contributed by atoms with Gasteiger partial charge in [-0.05, 0) is 37.5 Å². The highest BCUT2D eigenvalue weighted by Gasteiger charge is 2.08. The molecule has 0 bridgehead atoms. The summed E-state index contributed by atoms with van der Waals surface area (Å²) < 4.78 is 5.11. The van der Waals surface area contributed by atoms with E-state index in [1.54, 1.807) is 7.11 Å². The molecule has 0 spiro atoms. The van der Waals surface area contributed by atoms with E-state index in [0.29, 0.717) is 12.6 Å². The molecule has 0 atom stereocenters. The number of benzene rings is 2. The molecule has 0 fully saturated rings. The normalized spacial score (nSPS) is 10.6. The molecule has 0 aliphatic heterocycles. The SMILES string of the molecule is COCCCNc1nc(Nc2cccc(C)c2C)cc(-c2ccccc2)n1. The number of hydrogen-bond acceptors (Lipinski definition) is 5. The number of anilines is 3. The lowest BCUT2D eigenvalue weighted by molar-refractivity contribution is 0.197. The Labute approximate surface area is 160 Å². The van der Waals surface area contributed by atoms with Crippen molar-refractivity contribution in [3.05, 3.63) is 65.7 Å². The van der Waals surface area contributed by atoms with Gasteiger partial charge in [-0.3, -0.25) is 0 Å². The average Bonchev–Trinajstić information content (AvgIpc) is 2.69. The van der Waals surface area contributed by atoms with E-state index < -0.39 is 0 Å². The van der Waals surface area contributed by atoms with Gasteiger partial charge in [-0.25, -0.2) is 4.98 Å². The summed E-state index contributed by atoms with van der Waals surface area (Å²) in [6.45, 7) is 5.69. The largest absolute Gasteiger partial charge is 0.385 e. The summed E-state index contributed by atoms with van der Waals surface area (Å²) in [5.74, 6) is 1.38. The summed E-state index contributed by atoms with van der Waals surface area (Å²) in [5, 5.41) is 6.75. The van der Waals surface area contributed by atoms with Crippen LogP contribution < -0.4 is 10.6 Å². The molecular weight excluding hydrogens is 336 g/mol. The van der Waals surface area contributed by atoms with Crippen LogP contribution in [0.1, 0.15) is 17.5 Å². The number of rotatable bonds is 8. The molecule has 3 aromatic rings. The number of nitrogens with zero attached hydrogens (tertiary/aromatic N) is 2. The van der Waals surface area contributed by atoms with Crippen molar-refractivity contribution in [2.75, 3.05) is 30.9 Å². The Balaban J connectivity index is 1.90. The van der Waals surface area contributed by atoms with Gasteiger partial charge in [-0.2, -0.15) is 4.98 Å². The van der Waals surface area contributed by atoms with E-state index in [9.17, 15) is 0 Å². The molecule has 5 heteroatoms. The van der Waals surface area contributed by atoms with E-state index in [0.717, 1.165) is 35.7 Å². The van der Waals surface area contributed by atoms with Crippen LogP contribution in [-0.2, 0) is 4.74 Å². The highest BCUT2D eigenvalue weighted by Crippen LogP contribution is 2.26. The van der Waals surface area contributed by atoms with Gasteiger partial charge in [0.25, 0.3) is 0 Å². The van der Waals surface area contributed by atoms with Crippen LogP contribution in [0.3, 0.4) is 0 Å². The lowest BCUT2D eigenvalue weighted by Gasteiger charge is -2.14. The first-order valence-electron chi connectivity index (χ1n) is 9.18. The third-order valence-corrected chi connectivity index (χ3v) is 4.47. The van der Waals surface area contributed by atoms with Crippen molar-refractivity contribution in [3.8, 4) is 11.3 Å². The molecule has 3 rings (SSSR count). The molecule has 0 aliphatic rings. The molecule has 0 saturated carbocycles. The van der Waals surface area contributed by atoms with Gasteiger partial charge >= 0.3 is 0 Å². The van der Waals surface area contributed by atoms with Crippen LogP contribution >= 0.6 is 0 Å². The predicted molar refractivity (Wildman–Crippen MR) is 112 cm³/mol. The highest BCUT2D eigenvalue weighted by atomic mass is 16.5. The standard InChI is InChI=1S/C22H26N4O/c1-16-9-7-12-19(17(16)2)24-21-15-20(18-10-5-4-6-11-18)25-22(26-21)23-13-8-14-27-3/h4-7,9-12,15H,8,13-14H2,1-3H3,(H2,23,24,25,26). The maximum Gasteiger partial charge on any atom is 0.225 e. The van der Waals surface area contributed by atoms with Crippen molar-refractivity contribution in [2.24, 2.45) is 0 Å². The minimum absolute atomic E-state index is 0.611. The first-order valence-corrected chi connectivity index (χ1v) is 9.18. The van der Waals surface area contributed by atoms with Gasteiger partial charge < -0.3 is 15.4 Å². The van der Waals surface area contributed by atoms with Crippen LogP contribution in [0.4, 0.5) is 17.5 Å². The first-order chi connectivity index (χ1) is 13.2. The summed E-state index contributed by atoms with van der Waals surface area (Å²) in [4.78, 5) is 9.33. The molecule has 2 aromatic carbocycles. The number of nitrogens with one attached hydrogen (secondary N) is 2. The van der Waals surface area contributed by atoms with Gasteiger partial charge in [0.05, 0.1) is 5.69 Å². The summed E-state index contributed by atoms with van der Waals surface area (Å²) in [6, 6.07) is 18.4. The van der Waals surface area contributed by atoms with Crippen LogP contribution in [0, 0.1) is 13.8 Å². The molecule has 0 saturated heterocycles. The highest BCUT2D eigenvalue weighted by molar-refractivity contribution is 5.69. The Morgan fingerprint density at radius 3 is 2.56 bits per heavy atom. The van der Waals surface area contributed by atoms with Gasteiger partial charge in [0, 0.05) is 37.6 Å². The van der Waals surface area contributed by atoms with E-state index in [1.165, 1.54) is 11.1 Å². The van der Waals surface area contributed by atoms with Crippen molar-refractivity contribution in [2.45, 2.75) is 20.3 Å². The average molecular weight is 362 g/mol. The Hall–Kier alpha value is -2.92. The molecule has 140 valence electrons. The molecule has 0 unspecified atom stereocenters. The smallest absolute Gasteiger partial charge is 0.225 e. The van der Waals surface area contributed by atoms with Crippen molar-refractivity contribution < 1.29 is 4.74 Å². The monoisotopic (exact) mass is 362 g/mol. The van der Waals surface area contributed by atoms with E-state index in [4.69, 9.17) is 4.74 Å². The molecular formula is C22H26N4O. The quantitative estimate of drug-likeness (QED) is 0.555. The fourth-order valence-electron chi connectivity index (χ4n) is 2.79. The zero-order chi connectivity index (χ0) is 19.1. The van der Waals surface area contributed by atoms with Crippen molar-refractivity contribution in [1.82, 2.24) is 9.97 Å². The second-order valence-corrected chi connectivity index (χ2v) is 6.47. The summed E-state index contributed by atoms with van der Waals surface area (Å²) in [5.41, 5.74) is 5.46. The Kier molecular flexibility index (Phi) is 6.39. The van der Waals surface area contributed by atoms with Gasteiger partial charge in [-0.15, -0.1) is 0 Å². The summed E-state index contributed by atoms with van der Waals surface area (Å²) in [7, 11) is 1.71. The maximum absolute atomic E-state index is 5.11. The van der Waals surface area contributed by atoms with Gasteiger partial charge in [0.1, 0.15) is 5.82 Å². The van der Waals surface area contributed by atoms with Crippen LogP contribution in [0.5, 0.6) is 0 Å². The van der Waals surface area contributed by atoms with Crippen LogP contribution in [-0.4, -0.2) is 30.2 Å². The topological polar surface area (TPSA) is 59.1 Å². The fourth-order valence-corrected chi connectivity index (χ4v) is 2.79. The van der Waals surface area contributed by atoms with E-state index in [-0.39, 0.29) is 0 Å². The number of aromatic nitrogens is 2. The molecule has 0 radical (unpaired) electrons. The Morgan fingerprint density at radius 1 is 0.963 bits per heavy atom. The van der Waals surface area contributed by atoms with Crippen molar-refractivity contribution in [1.29, 1.82) is 0 Å². The lowest BCUT2D eigenvalue weighted by atomic mass is 10.1. The minimum Gasteiger partial charge on any atom is -0.385 e. The van der Waals surface area contributed by atoms with Crippen LogP contribution in [0.25, 0.3) is 11.3 Å². The predicted octanol–water partition coefficient (Wildman–Crippen LogP) is 4.95. The van der Waals surface area contributed by atoms with Crippen molar-refractivity contribution >= 4 is 17.5 Å². The van der Waals surface area contributed by atoms with E-state index in [2.05, 4.69) is 58.7 Å². The fraction of sp³-hybridized carbons (Fsp3) is 0.273. The zero-order valence-electron chi connectivity index (χ0n) is 16.1. The van der Waals surface area contributed by atoms with Gasteiger partial charge in [0.2, 0.25) is 5.95 Å². The maximum atomic E-state index is 5.11. The second-order valence-electron chi connectivity index (χ2n) is 6.47. The van der Waals surface area contributed by atoms with E-state index >= 15 is 0 Å². The first kappa shape index (κ1) is 18.9. The number of aryl methyl sites for hydroxylation is 1. The van der Waals surface area contributed by atoms with Gasteiger partial charge in [0.15, 0.2) is 0 Å². The molecule has 1 aromatic heterocycles. The molecule has 0 amide bonds. The number of hydrogen-bond donors (Lipinski definition) is 2.